The predicted molar refractivity (Wildman–Crippen MR) is 70.2 cm³/mol. The van der Waals surface area contributed by atoms with Crippen molar-refractivity contribution >= 4 is 22.8 Å². The number of carbonyl (C=O) groups is 2. The van der Waals surface area contributed by atoms with Gasteiger partial charge in [-0.25, -0.2) is 9.59 Å². The van der Waals surface area contributed by atoms with Gasteiger partial charge in [0.25, 0.3) is 0 Å². The second-order valence-corrected chi connectivity index (χ2v) is 3.90. The van der Waals surface area contributed by atoms with Gasteiger partial charge in [0.2, 0.25) is 0 Å². The van der Waals surface area contributed by atoms with E-state index in [9.17, 15) is 9.59 Å². The molecule has 2 rings (SSSR count). The van der Waals surface area contributed by atoms with E-state index in [1.807, 2.05) is 6.07 Å². The molecular weight excluding hydrogens is 246 g/mol. The summed E-state index contributed by atoms with van der Waals surface area (Å²) in [7, 11) is 0. The minimum absolute atomic E-state index is 0.218. The molecular formula is C14H15NO4. The van der Waals surface area contributed by atoms with Crippen molar-refractivity contribution in [3.63, 3.8) is 0 Å². The van der Waals surface area contributed by atoms with E-state index >= 15 is 0 Å². The fourth-order valence-electron chi connectivity index (χ4n) is 1.86. The van der Waals surface area contributed by atoms with Crippen molar-refractivity contribution in [2.75, 3.05) is 13.2 Å². The second kappa shape index (κ2) is 5.56. The van der Waals surface area contributed by atoms with Gasteiger partial charge in [-0.2, -0.15) is 0 Å². The molecule has 0 aliphatic rings. The van der Waals surface area contributed by atoms with Gasteiger partial charge >= 0.3 is 11.9 Å². The average Bonchev–Trinajstić information content (AvgIpc) is 2.85. The van der Waals surface area contributed by atoms with Gasteiger partial charge in [-0.05, 0) is 32.0 Å². The predicted octanol–water partition coefficient (Wildman–Crippen LogP) is 2.52. The molecule has 0 bridgehead atoms. The van der Waals surface area contributed by atoms with Crippen molar-refractivity contribution in [3.8, 4) is 0 Å². The first-order valence-electron chi connectivity index (χ1n) is 6.12. The zero-order chi connectivity index (χ0) is 13.8. The summed E-state index contributed by atoms with van der Waals surface area (Å²) in [5.74, 6) is -1.05. The van der Waals surface area contributed by atoms with Gasteiger partial charge in [0.05, 0.1) is 24.3 Å². The topological polar surface area (TPSA) is 68.4 Å². The van der Waals surface area contributed by atoms with Crippen molar-refractivity contribution in [2.24, 2.45) is 0 Å². The van der Waals surface area contributed by atoms with Crippen LogP contribution in [0, 0.1) is 0 Å². The van der Waals surface area contributed by atoms with Crippen molar-refractivity contribution in [2.45, 2.75) is 13.8 Å². The number of benzene rings is 1. The maximum absolute atomic E-state index is 11.9. The molecule has 0 unspecified atom stereocenters. The number of nitrogens with one attached hydrogen (secondary N) is 1. The molecule has 0 saturated carbocycles. The quantitative estimate of drug-likeness (QED) is 0.859. The Kier molecular flexibility index (Phi) is 3.85. The molecule has 5 nitrogen and oxygen atoms in total. The van der Waals surface area contributed by atoms with Crippen LogP contribution in [0.25, 0.3) is 10.9 Å². The molecule has 100 valence electrons. The number of hydrogen-bond donors (Lipinski definition) is 1. The van der Waals surface area contributed by atoms with Crippen LogP contribution in [-0.2, 0) is 9.47 Å². The van der Waals surface area contributed by atoms with Gasteiger partial charge in [-0.1, -0.05) is 0 Å². The van der Waals surface area contributed by atoms with Crippen LogP contribution in [0.2, 0.25) is 0 Å². The van der Waals surface area contributed by atoms with Gasteiger partial charge in [0, 0.05) is 17.1 Å². The van der Waals surface area contributed by atoms with Gasteiger partial charge in [0.1, 0.15) is 0 Å². The molecule has 0 aliphatic carbocycles. The Morgan fingerprint density at radius 3 is 2.21 bits per heavy atom. The Morgan fingerprint density at radius 2 is 1.63 bits per heavy atom. The highest BCUT2D eigenvalue weighted by molar-refractivity contribution is 6.06. The van der Waals surface area contributed by atoms with Gasteiger partial charge < -0.3 is 14.5 Å². The molecule has 0 amide bonds. The summed E-state index contributed by atoms with van der Waals surface area (Å²) < 4.78 is 9.93. The first kappa shape index (κ1) is 13.1. The molecule has 0 spiro atoms. The maximum Gasteiger partial charge on any atom is 0.339 e. The van der Waals surface area contributed by atoms with E-state index < -0.39 is 11.9 Å². The smallest absolute Gasteiger partial charge is 0.339 e. The van der Waals surface area contributed by atoms with Crippen molar-refractivity contribution in [1.29, 1.82) is 0 Å². The summed E-state index contributed by atoms with van der Waals surface area (Å²) in [4.78, 5) is 26.8. The molecule has 2 aromatic rings. The highest BCUT2D eigenvalue weighted by Crippen LogP contribution is 2.21. The van der Waals surface area contributed by atoms with Gasteiger partial charge in [0.15, 0.2) is 0 Å². The van der Waals surface area contributed by atoms with Crippen LogP contribution in [0.3, 0.4) is 0 Å². The standard InChI is InChI=1S/C14H15NO4/c1-3-18-13(16)10-7-9-5-6-15-12(9)8-11(10)14(17)19-4-2/h5-8,15H,3-4H2,1-2H3. The lowest BCUT2D eigenvalue weighted by Gasteiger charge is -2.08. The fraction of sp³-hybridized carbons (Fsp3) is 0.286. The molecule has 1 N–H and O–H groups in total. The van der Waals surface area contributed by atoms with Crippen molar-refractivity contribution in [3.05, 3.63) is 35.5 Å². The number of rotatable bonds is 4. The van der Waals surface area contributed by atoms with Crippen LogP contribution in [-0.4, -0.2) is 30.1 Å². The largest absolute Gasteiger partial charge is 0.462 e. The van der Waals surface area contributed by atoms with Crippen LogP contribution < -0.4 is 0 Å². The molecule has 0 saturated heterocycles. The van der Waals surface area contributed by atoms with E-state index in [0.717, 1.165) is 10.9 Å². The third-order valence-corrected chi connectivity index (χ3v) is 2.68. The molecule has 19 heavy (non-hydrogen) atoms. The number of aromatic nitrogens is 1. The Hall–Kier alpha value is -2.30. The Balaban J connectivity index is 2.53. The summed E-state index contributed by atoms with van der Waals surface area (Å²) in [6, 6.07) is 5.07. The van der Waals surface area contributed by atoms with Crippen LogP contribution >= 0.6 is 0 Å². The monoisotopic (exact) mass is 261 g/mol. The first-order valence-corrected chi connectivity index (χ1v) is 6.12. The van der Waals surface area contributed by atoms with Crippen LogP contribution in [0.4, 0.5) is 0 Å². The molecule has 1 aromatic heterocycles. The average molecular weight is 261 g/mol. The Morgan fingerprint density at radius 1 is 1.05 bits per heavy atom. The summed E-state index contributed by atoms with van der Waals surface area (Å²) in [6.45, 7) is 3.95. The number of H-pyrrole nitrogens is 1. The van der Waals surface area contributed by atoms with E-state index in [2.05, 4.69) is 4.98 Å². The molecule has 1 heterocycles. The van der Waals surface area contributed by atoms with Gasteiger partial charge in [-0.15, -0.1) is 0 Å². The molecule has 0 fully saturated rings. The highest BCUT2D eigenvalue weighted by atomic mass is 16.5. The second-order valence-electron chi connectivity index (χ2n) is 3.90. The van der Waals surface area contributed by atoms with Gasteiger partial charge in [-0.3, -0.25) is 0 Å². The minimum Gasteiger partial charge on any atom is -0.462 e. The summed E-state index contributed by atoms with van der Waals surface area (Å²) >= 11 is 0. The minimum atomic E-state index is -0.526. The summed E-state index contributed by atoms with van der Waals surface area (Å²) in [5, 5.41) is 0.844. The van der Waals surface area contributed by atoms with E-state index in [0.29, 0.717) is 0 Å². The van der Waals surface area contributed by atoms with E-state index in [-0.39, 0.29) is 24.3 Å². The number of esters is 2. The summed E-state index contributed by atoms with van der Waals surface area (Å²) in [5.41, 5.74) is 1.22. The lowest BCUT2D eigenvalue weighted by Crippen LogP contribution is -2.14. The normalized spacial score (nSPS) is 10.4. The van der Waals surface area contributed by atoms with E-state index in [1.54, 1.807) is 32.2 Å². The SMILES string of the molecule is CCOC(=O)c1cc2cc[nH]c2cc1C(=O)OCC. The third kappa shape index (κ3) is 2.59. The number of ether oxygens (including phenoxy) is 2. The lowest BCUT2D eigenvalue weighted by molar-refractivity contribution is 0.0479. The van der Waals surface area contributed by atoms with Crippen molar-refractivity contribution < 1.29 is 19.1 Å². The molecule has 0 aliphatic heterocycles. The third-order valence-electron chi connectivity index (χ3n) is 2.68. The Labute approximate surface area is 110 Å². The van der Waals surface area contributed by atoms with Crippen LogP contribution in [0.15, 0.2) is 24.4 Å². The molecule has 5 heteroatoms. The van der Waals surface area contributed by atoms with E-state index in [4.69, 9.17) is 9.47 Å². The molecule has 0 atom stereocenters. The number of aromatic amines is 1. The number of fused-ring (bicyclic) bond motifs is 1. The lowest BCUT2D eigenvalue weighted by atomic mass is 10.0. The molecule has 0 radical (unpaired) electrons. The summed E-state index contributed by atoms with van der Waals surface area (Å²) in [6.07, 6.45) is 1.74. The van der Waals surface area contributed by atoms with Crippen LogP contribution in [0.5, 0.6) is 0 Å². The van der Waals surface area contributed by atoms with Crippen molar-refractivity contribution in [1.82, 2.24) is 4.98 Å². The molecule has 1 aromatic carbocycles. The maximum atomic E-state index is 11.9. The highest BCUT2D eigenvalue weighted by Gasteiger charge is 2.20. The zero-order valence-corrected chi connectivity index (χ0v) is 10.9. The zero-order valence-electron chi connectivity index (χ0n) is 10.9. The number of hydrogen-bond acceptors (Lipinski definition) is 4. The Bertz CT molecular complexity index is 563. The fourth-order valence-corrected chi connectivity index (χ4v) is 1.86. The van der Waals surface area contributed by atoms with Crippen LogP contribution in [0.1, 0.15) is 34.6 Å². The first-order chi connectivity index (χ1) is 9.17. The number of carbonyl (C=O) groups excluding carboxylic acids is 2. The van der Waals surface area contributed by atoms with E-state index in [1.165, 1.54) is 0 Å².